The van der Waals surface area contributed by atoms with E-state index in [2.05, 4.69) is 15.3 Å². The van der Waals surface area contributed by atoms with Gasteiger partial charge in [0, 0.05) is 5.39 Å². The van der Waals surface area contributed by atoms with Crippen LogP contribution in [0, 0.1) is 0 Å². The molecule has 3 N–H and O–H groups in total. The predicted octanol–water partition coefficient (Wildman–Crippen LogP) is 2.66. The van der Waals surface area contributed by atoms with Crippen molar-refractivity contribution in [1.82, 2.24) is 15.3 Å². The highest BCUT2D eigenvalue weighted by Gasteiger charge is 2.31. The van der Waals surface area contributed by atoms with Gasteiger partial charge in [0.25, 0.3) is 0 Å². The molecule has 1 aromatic carbocycles. The second-order valence-corrected chi connectivity index (χ2v) is 4.85. The van der Waals surface area contributed by atoms with Gasteiger partial charge in [-0.2, -0.15) is 13.2 Å². The topological polar surface area (TPSA) is 63.8 Å². The third-order valence-electron chi connectivity index (χ3n) is 3.46. The standard InChI is InChI=1S/C13H13F3N4/c14-13(15,16)7-3-4-8-10(6-7)19-12(17)20-11(8)9-2-1-5-18-9/h3-4,6,9,18H,1-2,5H2,(H2,17,19,20). The zero-order valence-electron chi connectivity index (χ0n) is 10.5. The van der Waals surface area contributed by atoms with Crippen molar-refractivity contribution < 1.29 is 13.2 Å². The number of fused-ring (bicyclic) bond motifs is 1. The number of anilines is 1. The molecule has 0 saturated carbocycles. The summed E-state index contributed by atoms with van der Waals surface area (Å²) in [6.45, 7) is 0.872. The number of benzene rings is 1. The molecule has 1 aliphatic rings. The van der Waals surface area contributed by atoms with E-state index in [0.29, 0.717) is 11.1 Å². The van der Waals surface area contributed by atoms with Gasteiger partial charge in [0.15, 0.2) is 0 Å². The minimum Gasteiger partial charge on any atom is -0.368 e. The molecule has 20 heavy (non-hydrogen) atoms. The predicted molar refractivity (Wildman–Crippen MR) is 68.9 cm³/mol. The van der Waals surface area contributed by atoms with E-state index in [1.54, 1.807) is 0 Å². The molecule has 0 amide bonds. The summed E-state index contributed by atoms with van der Waals surface area (Å²) in [6, 6.07) is 3.53. The van der Waals surface area contributed by atoms with Crippen LogP contribution in [0.25, 0.3) is 10.9 Å². The van der Waals surface area contributed by atoms with Crippen molar-refractivity contribution in [2.75, 3.05) is 12.3 Å². The van der Waals surface area contributed by atoms with E-state index >= 15 is 0 Å². The Hall–Kier alpha value is -1.89. The minimum absolute atomic E-state index is 0.000486. The molecule has 1 unspecified atom stereocenters. The van der Waals surface area contributed by atoms with E-state index in [9.17, 15) is 13.2 Å². The van der Waals surface area contributed by atoms with Crippen molar-refractivity contribution in [3.8, 4) is 0 Å². The first-order valence-corrected chi connectivity index (χ1v) is 6.33. The van der Waals surface area contributed by atoms with Crippen molar-refractivity contribution in [3.05, 3.63) is 29.5 Å². The minimum atomic E-state index is -4.39. The fraction of sp³-hybridized carbons (Fsp3) is 0.385. The number of alkyl halides is 3. The molecule has 1 aromatic heterocycles. The van der Waals surface area contributed by atoms with Gasteiger partial charge in [0.1, 0.15) is 0 Å². The first kappa shape index (κ1) is 13.1. The van der Waals surface area contributed by atoms with Gasteiger partial charge >= 0.3 is 6.18 Å². The first-order valence-electron chi connectivity index (χ1n) is 6.33. The van der Waals surface area contributed by atoms with Gasteiger partial charge in [-0.05, 0) is 31.5 Å². The SMILES string of the molecule is Nc1nc(C2CCCN2)c2ccc(C(F)(F)F)cc2n1. The molecular formula is C13H13F3N4. The summed E-state index contributed by atoms with van der Waals surface area (Å²) < 4.78 is 38.2. The number of aromatic nitrogens is 2. The van der Waals surface area contributed by atoms with Crippen LogP contribution in [-0.2, 0) is 6.18 Å². The molecule has 1 fully saturated rings. The van der Waals surface area contributed by atoms with Gasteiger partial charge < -0.3 is 11.1 Å². The Labute approximate surface area is 113 Å². The third-order valence-corrected chi connectivity index (χ3v) is 3.46. The van der Waals surface area contributed by atoms with E-state index < -0.39 is 11.7 Å². The Morgan fingerprint density at radius 3 is 2.70 bits per heavy atom. The Morgan fingerprint density at radius 2 is 2.05 bits per heavy atom. The van der Waals surface area contributed by atoms with E-state index in [1.165, 1.54) is 6.07 Å². The fourth-order valence-corrected chi connectivity index (χ4v) is 2.53. The van der Waals surface area contributed by atoms with Gasteiger partial charge in [-0.25, -0.2) is 9.97 Å². The molecule has 2 heterocycles. The summed E-state index contributed by atoms with van der Waals surface area (Å²) in [5, 5.41) is 3.89. The van der Waals surface area contributed by atoms with E-state index in [1.807, 2.05) is 0 Å². The Morgan fingerprint density at radius 1 is 1.25 bits per heavy atom. The maximum atomic E-state index is 12.7. The van der Waals surface area contributed by atoms with Gasteiger partial charge in [0.2, 0.25) is 5.95 Å². The summed E-state index contributed by atoms with van der Waals surface area (Å²) >= 11 is 0. The second kappa shape index (κ2) is 4.59. The van der Waals surface area contributed by atoms with Gasteiger partial charge in [-0.1, -0.05) is 6.07 Å². The maximum absolute atomic E-state index is 12.7. The van der Waals surface area contributed by atoms with Crippen LogP contribution in [0.1, 0.15) is 30.1 Å². The Balaban J connectivity index is 2.17. The van der Waals surface area contributed by atoms with Crippen LogP contribution < -0.4 is 11.1 Å². The number of nitrogens with two attached hydrogens (primary N) is 1. The lowest BCUT2D eigenvalue weighted by molar-refractivity contribution is -0.137. The van der Waals surface area contributed by atoms with Gasteiger partial charge in [-0.3, -0.25) is 0 Å². The monoisotopic (exact) mass is 282 g/mol. The smallest absolute Gasteiger partial charge is 0.368 e. The van der Waals surface area contributed by atoms with Crippen LogP contribution >= 0.6 is 0 Å². The largest absolute Gasteiger partial charge is 0.416 e. The van der Waals surface area contributed by atoms with Gasteiger partial charge in [0.05, 0.1) is 22.8 Å². The Bertz CT molecular complexity index is 648. The molecule has 1 atom stereocenters. The lowest BCUT2D eigenvalue weighted by atomic mass is 10.0. The molecular weight excluding hydrogens is 269 g/mol. The van der Waals surface area contributed by atoms with Crippen LogP contribution in [-0.4, -0.2) is 16.5 Å². The highest BCUT2D eigenvalue weighted by atomic mass is 19.4. The van der Waals surface area contributed by atoms with Crippen molar-refractivity contribution in [2.24, 2.45) is 0 Å². The average Bonchev–Trinajstić information content (AvgIpc) is 2.89. The van der Waals surface area contributed by atoms with Crippen LogP contribution in [0.2, 0.25) is 0 Å². The van der Waals surface area contributed by atoms with E-state index in [-0.39, 0.29) is 17.5 Å². The lowest BCUT2D eigenvalue weighted by Gasteiger charge is -2.14. The molecule has 0 aliphatic carbocycles. The van der Waals surface area contributed by atoms with Crippen LogP contribution in [0.15, 0.2) is 18.2 Å². The summed E-state index contributed by atoms with van der Waals surface area (Å²) in [5.41, 5.74) is 5.80. The molecule has 4 nitrogen and oxygen atoms in total. The normalized spacial score (nSPS) is 19.6. The Kier molecular flexibility index (Phi) is 3.01. The zero-order chi connectivity index (χ0) is 14.3. The summed E-state index contributed by atoms with van der Waals surface area (Å²) in [5.74, 6) is 0.000486. The quantitative estimate of drug-likeness (QED) is 0.844. The molecule has 3 rings (SSSR count). The summed E-state index contributed by atoms with van der Waals surface area (Å²) in [7, 11) is 0. The van der Waals surface area contributed by atoms with Crippen molar-refractivity contribution in [1.29, 1.82) is 0 Å². The molecule has 0 bridgehead atoms. The molecule has 2 aromatic rings. The number of rotatable bonds is 1. The zero-order valence-corrected chi connectivity index (χ0v) is 10.5. The molecule has 1 aliphatic heterocycles. The number of nitrogens with one attached hydrogen (secondary N) is 1. The van der Waals surface area contributed by atoms with Crippen molar-refractivity contribution in [3.63, 3.8) is 0 Å². The molecule has 1 saturated heterocycles. The molecule has 0 radical (unpaired) electrons. The van der Waals surface area contributed by atoms with Crippen LogP contribution in [0.5, 0.6) is 0 Å². The lowest BCUT2D eigenvalue weighted by Crippen LogP contribution is -2.16. The third kappa shape index (κ3) is 2.29. The molecule has 7 heteroatoms. The highest BCUT2D eigenvalue weighted by Crippen LogP contribution is 2.33. The molecule has 0 spiro atoms. The number of nitrogens with zero attached hydrogens (tertiary/aromatic N) is 2. The van der Waals surface area contributed by atoms with E-state index in [4.69, 9.17) is 5.73 Å². The number of hydrogen-bond donors (Lipinski definition) is 2. The number of halogens is 3. The van der Waals surface area contributed by atoms with Gasteiger partial charge in [-0.15, -0.1) is 0 Å². The summed E-state index contributed by atoms with van der Waals surface area (Å²) in [6.07, 6.45) is -2.48. The number of nitrogen functional groups attached to an aromatic ring is 1. The van der Waals surface area contributed by atoms with Crippen LogP contribution in [0.3, 0.4) is 0 Å². The van der Waals surface area contributed by atoms with Crippen molar-refractivity contribution in [2.45, 2.75) is 25.1 Å². The highest BCUT2D eigenvalue weighted by molar-refractivity contribution is 5.83. The number of hydrogen-bond acceptors (Lipinski definition) is 4. The molecule has 106 valence electrons. The van der Waals surface area contributed by atoms with E-state index in [0.717, 1.165) is 31.5 Å². The van der Waals surface area contributed by atoms with Crippen molar-refractivity contribution >= 4 is 16.9 Å². The fourth-order valence-electron chi connectivity index (χ4n) is 2.53. The summed E-state index contributed by atoms with van der Waals surface area (Å²) in [4.78, 5) is 8.12. The second-order valence-electron chi connectivity index (χ2n) is 4.85. The van der Waals surface area contributed by atoms with Crippen LogP contribution in [0.4, 0.5) is 19.1 Å². The first-order chi connectivity index (χ1) is 9.45. The maximum Gasteiger partial charge on any atom is 0.416 e. The average molecular weight is 282 g/mol.